The van der Waals surface area contributed by atoms with Gasteiger partial charge in [0.25, 0.3) is 0 Å². The largest absolute Gasteiger partial charge is 0.313 e. The molecule has 1 aromatic carbocycles. The Morgan fingerprint density at radius 2 is 2.00 bits per heavy atom. The minimum atomic E-state index is -0.924. The average Bonchev–Trinajstić information content (AvgIpc) is 2.95. The number of aromatic nitrogens is 3. The van der Waals surface area contributed by atoms with Gasteiger partial charge in [0, 0.05) is 36.7 Å². The first-order chi connectivity index (χ1) is 10.3. The van der Waals surface area contributed by atoms with Gasteiger partial charge in [0.05, 0.1) is 17.3 Å². The fourth-order valence-electron chi connectivity index (χ4n) is 2.62. The van der Waals surface area contributed by atoms with Gasteiger partial charge in [0.15, 0.2) is 0 Å². The van der Waals surface area contributed by atoms with Crippen LogP contribution in [0.2, 0.25) is 0 Å². The molecule has 2 aromatic rings. The van der Waals surface area contributed by atoms with Crippen molar-refractivity contribution in [2.45, 2.75) is 31.3 Å². The standard InChI is InChI=1S/C15H20N4OS/c1-2-14-16-17-15-12-18(8-9-19(14)15)10-11-21(20)13-6-4-3-5-7-13/h3-7H,2,8-12H2,1H3/t21-/m1/s1. The van der Waals surface area contributed by atoms with Crippen LogP contribution in [0.15, 0.2) is 35.2 Å². The third kappa shape index (κ3) is 3.22. The second-order valence-corrected chi connectivity index (χ2v) is 6.75. The Morgan fingerprint density at radius 3 is 2.76 bits per heavy atom. The minimum Gasteiger partial charge on any atom is -0.313 e. The summed E-state index contributed by atoms with van der Waals surface area (Å²) in [6, 6.07) is 9.67. The van der Waals surface area contributed by atoms with Crippen LogP contribution in [0.4, 0.5) is 0 Å². The molecule has 0 N–H and O–H groups in total. The highest BCUT2D eigenvalue weighted by atomic mass is 32.2. The highest BCUT2D eigenvalue weighted by Gasteiger charge is 2.20. The highest BCUT2D eigenvalue weighted by Crippen LogP contribution is 2.13. The number of hydrogen-bond acceptors (Lipinski definition) is 4. The lowest BCUT2D eigenvalue weighted by Gasteiger charge is -2.27. The first-order valence-corrected chi connectivity index (χ1v) is 8.66. The summed E-state index contributed by atoms with van der Waals surface area (Å²) in [5.41, 5.74) is 0. The van der Waals surface area contributed by atoms with Crippen LogP contribution in [-0.2, 0) is 30.3 Å². The third-order valence-corrected chi connectivity index (χ3v) is 5.18. The van der Waals surface area contributed by atoms with Gasteiger partial charge in [0.1, 0.15) is 11.6 Å². The molecule has 0 fully saturated rings. The molecule has 6 heteroatoms. The molecule has 3 rings (SSSR count). The molecule has 0 saturated carbocycles. The molecule has 5 nitrogen and oxygen atoms in total. The van der Waals surface area contributed by atoms with Crippen LogP contribution in [0.5, 0.6) is 0 Å². The maximum atomic E-state index is 12.2. The van der Waals surface area contributed by atoms with Crippen molar-refractivity contribution in [2.75, 3.05) is 18.8 Å². The topological polar surface area (TPSA) is 51.0 Å². The number of rotatable bonds is 5. The van der Waals surface area contributed by atoms with E-state index in [-0.39, 0.29) is 0 Å². The molecule has 0 saturated heterocycles. The van der Waals surface area contributed by atoms with Crippen molar-refractivity contribution in [3.63, 3.8) is 0 Å². The Bertz CT molecular complexity index is 626. The average molecular weight is 304 g/mol. The SMILES string of the molecule is CCc1nnc2n1CCN(CC[S@@](=O)c1ccccc1)C2. The fourth-order valence-corrected chi connectivity index (χ4v) is 3.74. The van der Waals surface area contributed by atoms with E-state index in [0.29, 0.717) is 5.75 Å². The lowest BCUT2D eigenvalue weighted by Crippen LogP contribution is -2.36. The maximum absolute atomic E-state index is 12.2. The van der Waals surface area contributed by atoms with E-state index in [9.17, 15) is 4.21 Å². The van der Waals surface area contributed by atoms with Gasteiger partial charge >= 0.3 is 0 Å². The zero-order chi connectivity index (χ0) is 14.7. The Balaban J connectivity index is 1.57. The van der Waals surface area contributed by atoms with E-state index in [1.54, 1.807) is 0 Å². The fraction of sp³-hybridized carbons (Fsp3) is 0.467. The Labute approximate surface area is 127 Å². The third-order valence-electron chi connectivity index (χ3n) is 3.82. The van der Waals surface area contributed by atoms with E-state index in [1.165, 1.54) is 0 Å². The Hall–Kier alpha value is -1.53. The zero-order valence-electron chi connectivity index (χ0n) is 12.2. The van der Waals surface area contributed by atoms with Gasteiger partial charge in [-0.25, -0.2) is 0 Å². The summed E-state index contributed by atoms with van der Waals surface area (Å²) in [7, 11) is -0.924. The number of nitrogens with zero attached hydrogens (tertiary/aromatic N) is 4. The van der Waals surface area contributed by atoms with Crippen LogP contribution < -0.4 is 0 Å². The summed E-state index contributed by atoms with van der Waals surface area (Å²) in [5, 5.41) is 8.48. The summed E-state index contributed by atoms with van der Waals surface area (Å²) in [6.45, 7) is 5.65. The summed E-state index contributed by atoms with van der Waals surface area (Å²) in [5.74, 6) is 2.76. The Kier molecular flexibility index (Phi) is 4.45. The predicted molar refractivity (Wildman–Crippen MR) is 82.4 cm³/mol. The monoisotopic (exact) mass is 304 g/mol. The lowest BCUT2D eigenvalue weighted by atomic mass is 10.3. The molecule has 1 aliphatic heterocycles. The highest BCUT2D eigenvalue weighted by molar-refractivity contribution is 7.85. The van der Waals surface area contributed by atoms with Gasteiger partial charge in [-0.15, -0.1) is 10.2 Å². The Morgan fingerprint density at radius 1 is 1.19 bits per heavy atom. The molecular formula is C15H20N4OS. The normalized spacial score (nSPS) is 16.6. The second-order valence-electron chi connectivity index (χ2n) is 5.18. The predicted octanol–water partition coefficient (Wildman–Crippen LogP) is 1.46. The van der Waals surface area contributed by atoms with Gasteiger partial charge < -0.3 is 4.57 Å². The zero-order valence-corrected chi connectivity index (χ0v) is 13.1. The van der Waals surface area contributed by atoms with Crippen molar-refractivity contribution in [1.82, 2.24) is 19.7 Å². The van der Waals surface area contributed by atoms with Gasteiger partial charge in [0.2, 0.25) is 0 Å². The second kappa shape index (κ2) is 6.49. The summed E-state index contributed by atoms with van der Waals surface area (Å²) in [4.78, 5) is 3.22. The van der Waals surface area contributed by atoms with Crippen molar-refractivity contribution < 1.29 is 4.21 Å². The van der Waals surface area contributed by atoms with E-state index < -0.39 is 10.8 Å². The van der Waals surface area contributed by atoms with Crippen molar-refractivity contribution in [1.29, 1.82) is 0 Å². The van der Waals surface area contributed by atoms with Crippen LogP contribution in [0.25, 0.3) is 0 Å². The summed E-state index contributed by atoms with van der Waals surface area (Å²) in [6.07, 6.45) is 0.922. The van der Waals surface area contributed by atoms with Crippen molar-refractivity contribution >= 4 is 10.8 Å². The summed E-state index contributed by atoms with van der Waals surface area (Å²) < 4.78 is 14.4. The number of hydrogen-bond donors (Lipinski definition) is 0. The molecule has 2 heterocycles. The number of fused-ring (bicyclic) bond motifs is 1. The van der Waals surface area contributed by atoms with E-state index >= 15 is 0 Å². The van der Waals surface area contributed by atoms with Crippen LogP contribution >= 0.6 is 0 Å². The van der Waals surface area contributed by atoms with Gasteiger partial charge in [-0.1, -0.05) is 25.1 Å². The molecule has 1 atom stereocenters. The molecule has 0 aliphatic carbocycles. The van der Waals surface area contributed by atoms with Crippen LogP contribution in [0.1, 0.15) is 18.6 Å². The molecule has 0 amide bonds. The van der Waals surface area contributed by atoms with Gasteiger partial charge in [-0.3, -0.25) is 9.11 Å². The number of benzene rings is 1. The molecule has 0 radical (unpaired) electrons. The van der Waals surface area contributed by atoms with Crippen LogP contribution in [0.3, 0.4) is 0 Å². The van der Waals surface area contributed by atoms with E-state index in [2.05, 4.69) is 26.6 Å². The number of aryl methyl sites for hydroxylation is 1. The molecule has 0 spiro atoms. The molecule has 0 bridgehead atoms. The van der Waals surface area contributed by atoms with E-state index in [1.807, 2.05) is 30.3 Å². The molecule has 1 aromatic heterocycles. The molecule has 1 aliphatic rings. The van der Waals surface area contributed by atoms with Crippen molar-refractivity contribution in [3.05, 3.63) is 42.0 Å². The van der Waals surface area contributed by atoms with Gasteiger partial charge in [-0.2, -0.15) is 0 Å². The minimum absolute atomic E-state index is 0.665. The van der Waals surface area contributed by atoms with Gasteiger partial charge in [-0.05, 0) is 12.1 Å². The maximum Gasteiger partial charge on any atom is 0.147 e. The first-order valence-electron chi connectivity index (χ1n) is 7.34. The van der Waals surface area contributed by atoms with Crippen LogP contribution in [0, 0.1) is 0 Å². The molecule has 21 heavy (non-hydrogen) atoms. The van der Waals surface area contributed by atoms with Crippen molar-refractivity contribution in [2.24, 2.45) is 0 Å². The van der Waals surface area contributed by atoms with E-state index in [0.717, 1.165) is 49.1 Å². The smallest absolute Gasteiger partial charge is 0.147 e. The molecule has 0 unspecified atom stereocenters. The molecular weight excluding hydrogens is 284 g/mol. The van der Waals surface area contributed by atoms with E-state index in [4.69, 9.17) is 0 Å². The van der Waals surface area contributed by atoms with Crippen LogP contribution in [-0.4, -0.2) is 42.7 Å². The van der Waals surface area contributed by atoms with Crippen molar-refractivity contribution in [3.8, 4) is 0 Å². The lowest BCUT2D eigenvalue weighted by molar-refractivity contribution is 0.228. The summed E-state index contributed by atoms with van der Waals surface area (Å²) >= 11 is 0. The quantitative estimate of drug-likeness (QED) is 0.839. The molecule has 112 valence electrons. The first kappa shape index (κ1) is 14.4.